The molecule has 0 spiro atoms. The Morgan fingerprint density at radius 3 is 2.50 bits per heavy atom. The van der Waals surface area contributed by atoms with Crippen LogP contribution in [0, 0.1) is 0 Å². The standard InChI is InChI=1S/C10H16N5O13P3.Na/c11-10-13-8-7(9(17)14-10)12-3-15(8)6-1-4(16)5(26-6)2-25-30(21,22)28-31(23,24)27-29(18,19)20;/h3-6,16H,1-2H2,(H,21,22)(H,23,24)(H2,18,19,20)(H3,11,13,14,17);. The predicted octanol–water partition coefficient (Wildman–Crippen LogP) is -1.69. The fourth-order valence-corrected chi connectivity index (χ4v) is 5.69. The first-order valence-electron chi connectivity index (χ1n) is 8.00. The molecule has 18 nitrogen and oxygen atoms in total. The molecule has 1 aliphatic rings. The molecular formula is C10H16N5NaO13P3. The molecule has 175 valence electrons. The number of hydrogen-bond acceptors (Lipinski definition) is 12. The van der Waals surface area contributed by atoms with E-state index in [9.17, 15) is 28.5 Å². The van der Waals surface area contributed by atoms with Crippen molar-refractivity contribution in [2.24, 2.45) is 0 Å². The molecule has 8 N–H and O–H groups in total. The van der Waals surface area contributed by atoms with Crippen molar-refractivity contribution < 1.29 is 56.3 Å². The van der Waals surface area contributed by atoms with Crippen LogP contribution in [-0.4, -0.2) is 92.6 Å². The van der Waals surface area contributed by atoms with E-state index >= 15 is 0 Å². The summed E-state index contributed by atoms with van der Waals surface area (Å²) in [7, 11) is -16.6. The minimum atomic E-state index is -5.67. The predicted molar refractivity (Wildman–Crippen MR) is 103 cm³/mol. The largest absolute Gasteiger partial charge is 0.490 e. The first kappa shape index (κ1) is 27.7. The van der Waals surface area contributed by atoms with Crippen LogP contribution in [0.4, 0.5) is 5.95 Å². The fraction of sp³-hybridized carbons (Fsp3) is 0.500. The fourth-order valence-electron chi connectivity index (χ4n) is 2.66. The first-order valence-corrected chi connectivity index (χ1v) is 12.5. The van der Waals surface area contributed by atoms with Crippen molar-refractivity contribution in [2.45, 2.75) is 24.9 Å². The van der Waals surface area contributed by atoms with E-state index in [4.69, 9.17) is 25.2 Å². The van der Waals surface area contributed by atoms with E-state index in [1.165, 1.54) is 10.9 Å². The minimum Gasteiger partial charge on any atom is -0.390 e. The van der Waals surface area contributed by atoms with Crippen LogP contribution in [0.3, 0.4) is 0 Å². The molecule has 3 heterocycles. The third kappa shape index (κ3) is 6.99. The number of aliphatic hydroxyl groups excluding tert-OH is 1. The zero-order chi connectivity index (χ0) is 23.2. The Hall–Kier alpha value is -0.520. The van der Waals surface area contributed by atoms with E-state index in [0.717, 1.165) is 0 Å². The third-order valence-electron chi connectivity index (χ3n) is 3.78. The summed E-state index contributed by atoms with van der Waals surface area (Å²) >= 11 is 0. The number of anilines is 1. The number of hydrogen-bond donors (Lipinski definition) is 7. The van der Waals surface area contributed by atoms with Gasteiger partial charge in [0.15, 0.2) is 11.2 Å². The van der Waals surface area contributed by atoms with Gasteiger partial charge in [0.05, 0.1) is 19.0 Å². The molecule has 1 radical (unpaired) electrons. The number of H-pyrrole nitrogens is 1. The van der Waals surface area contributed by atoms with Gasteiger partial charge in [-0.2, -0.15) is 13.6 Å². The van der Waals surface area contributed by atoms with Crippen molar-refractivity contribution in [3.05, 3.63) is 16.7 Å². The van der Waals surface area contributed by atoms with Gasteiger partial charge < -0.3 is 35.2 Å². The Balaban J connectivity index is 0.00000363. The molecule has 0 amide bonds. The third-order valence-corrected chi connectivity index (χ3v) is 7.59. The van der Waals surface area contributed by atoms with Crippen LogP contribution in [0.15, 0.2) is 11.1 Å². The molecule has 1 saturated heterocycles. The van der Waals surface area contributed by atoms with Gasteiger partial charge in [0.25, 0.3) is 5.56 Å². The maximum atomic E-state index is 11.8. The van der Waals surface area contributed by atoms with Crippen LogP contribution < -0.4 is 11.3 Å². The summed E-state index contributed by atoms with van der Waals surface area (Å²) in [6, 6.07) is 0. The number of phosphoric ester groups is 1. The topological polar surface area (TPSA) is 279 Å². The van der Waals surface area contributed by atoms with Crippen LogP contribution in [0.5, 0.6) is 0 Å². The van der Waals surface area contributed by atoms with Gasteiger partial charge in [-0.1, -0.05) is 0 Å². The number of nitrogens with one attached hydrogen (secondary N) is 1. The van der Waals surface area contributed by atoms with E-state index in [2.05, 4.69) is 28.1 Å². The second-order valence-corrected chi connectivity index (χ2v) is 10.5. The van der Waals surface area contributed by atoms with Crippen LogP contribution >= 0.6 is 23.5 Å². The first-order chi connectivity index (χ1) is 14.2. The van der Waals surface area contributed by atoms with Gasteiger partial charge >= 0.3 is 23.5 Å². The van der Waals surface area contributed by atoms with Gasteiger partial charge in [-0.3, -0.25) is 18.9 Å². The maximum Gasteiger partial charge on any atom is 0.490 e. The number of nitrogen functional groups attached to an aromatic ring is 1. The summed E-state index contributed by atoms with van der Waals surface area (Å²) in [5.74, 6) is -0.193. The van der Waals surface area contributed by atoms with Gasteiger partial charge in [0.2, 0.25) is 5.95 Å². The number of imidazole rings is 1. The Kier molecular flexibility index (Phi) is 8.66. The molecular weight excluding hydrogens is 514 g/mol. The van der Waals surface area contributed by atoms with E-state index in [-0.39, 0.29) is 53.1 Å². The van der Waals surface area contributed by atoms with E-state index in [1.54, 1.807) is 0 Å². The Bertz CT molecular complexity index is 1180. The molecule has 0 aromatic carbocycles. The van der Waals surface area contributed by atoms with Crippen molar-refractivity contribution in [3.63, 3.8) is 0 Å². The molecule has 5 atom stereocenters. The van der Waals surface area contributed by atoms with Gasteiger partial charge in [-0.05, 0) is 0 Å². The maximum absolute atomic E-state index is 11.8. The van der Waals surface area contributed by atoms with Gasteiger partial charge in [0.1, 0.15) is 12.3 Å². The summed E-state index contributed by atoms with van der Waals surface area (Å²) < 4.78 is 52.1. The number of aromatic nitrogens is 4. The molecule has 3 rings (SSSR count). The molecule has 22 heteroatoms. The molecule has 5 unspecified atom stereocenters. The molecule has 0 saturated carbocycles. The van der Waals surface area contributed by atoms with Crippen molar-refractivity contribution in [1.29, 1.82) is 0 Å². The molecule has 0 aliphatic carbocycles. The second-order valence-electron chi connectivity index (χ2n) is 6.09. The minimum absolute atomic E-state index is 0. The SMILES string of the molecule is Nc1nc2c(ncn2C2CC(O)C(COP(=O)(O)OP(=O)(O)OP(=O)(O)O)O2)c(=O)[nH]1.[Na]. The average molecular weight is 530 g/mol. The Morgan fingerprint density at radius 2 is 1.88 bits per heavy atom. The molecule has 2 aromatic rings. The molecule has 2 aromatic heterocycles. The second kappa shape index (κ2) is 10.00. The Labute approximate surface area is 199 Å². The van der Waals surface area contributed by atoms with Gasteiger partial charge in [-0.15, -0.1) is 0 Å². The zero-order valence-electron chi connectivity index (χ0n) is 16.0. The number of nitrogens with zero attached hydrogens (tertiary/aromatic N) is 3. The zero-order valence-corrected chi connectivity index (χ0v) is 20.7. The quantitative estimate of drug-likeness (QED) is 0.148. The summed E-state index contributed by atoms with van der Waals surface area (Å²) in [6.45, 7) is -0.843. The summed E-state index contributed by atoms with van der Waals surface area (Å²) in [4.78, 5) is 57.5. The average Bonchev–Trinajstić information content (AvgIpc) is 3.13. The number of nitrogens with two attached hydrogens (primary N) is 1. The number of ether oxygens (including phenoxy) is 1. The Morgan fingerprint density at radius 1 is 1.22 bits per heavy atom. The van der Waals surface area contributed by atoms with E-state index in [1.807, 2.05) is 0 Å². The molecule has 1 aliphatic heterocycles. The number of fused-ring (bicyclic) bond motifs is 1. The number of aromatic amines is 1. The van der Waals surface area contributed by atoms with Crippen molar-refractivity contribution in [1.82, 2.24) is 19.5 Å². The summed E-state index contributed by atoms with van der Waals surface area (Å²) in [5.41, 5.74) is 4.89. The molecule has 32 heavy (non-hydrogen) atoms. The van der Waals surface area contributed by atoms with Crippen LogP contribution in [0.1, 0.15) is 12.6 Å². The van der Waals surface area contributed by atoms with Gasteiger partial charge in [-0.25, -0.2) is 18.7 Å². The van der Waals surface area contributed by atoms with Crippen LogP contribution in [0.25, 0.3) is 11.2 Å². The van der Waals surface area contributed by atoms with Crippen molar-refractivity contribution in [3.8, 4) is 0 Å². The normalized spacial score (nSPS) is 25.2. The monoisotopic (exact) mass is 530 g/mol. The smallest absolute Gasteiger partial charge is 0.390 e. The number of phosphoric acid groups is 3. The molecule has 1 fully saturated rings. The summed E-state index contributed by atoms with van der Waals surface area (Å²) in [5, 5.41) is 10.1. The number of rotatable bonds is 8. The van der Waals surface area contributed by atoms with E-state index < -0.39 is 54.1 Å². The van der Waals surface area contributed by atoms with E-state index in [0.29, 0.717) is 0 Å². The number of aliphatic hydroxyl groups is 1. The van der Waals surface area contributed by atoms with Gasteiger partial charge in [0, 0.05) is 36.0 Å². The van der Waals surface area contributed by atoms with Crippen LogP contribution in [0.2, 0.25) is 0 Å². The van der Waals surface area contributed by atoms with Crippen molar-refractivity contribution in [2.75, 3.05) is 12.3 Å². The summed E-state index contributed by atoms with van der Waals surface area (Å²) in [6.07, 6.45) is -2.36. The molecule has 0 bridgehead atoms. The van der Waals surface area contributed by atoms with Crippen molar-refractivity contribution >= 4 is 70.1 Å². The van der Waals surface area contributed by atoms with Crippen LogP contribution in [-0.2, 0) is 31.6 Å².